The van der Waals surface area contributed by atoms with Crippen molar-refractivity contribution < 1.29 is 4.74 Å². The molecule has 0 bridgehead atoms. The van der Waals surface area contributed by atoms with Crippen molar-refractivity contribution >= 4 is 16.7 Å². The monoisotopic (exact) mass is 299 g/mol. The van der Waals surface area contributed by atoms with Gasteiger partial charge in [0.15, 0.2) is 5.96 Å². The van der Waals surface area contributed by atoms with E-state index >= 15 is 0 Å². The summed E-state index contributed by atoms with van der Waals surface area (Å²) in [5.74, 6) is 2.31. The van der Waals surface area contributed by atoms with Crippen molar-refractivity contribution in [2.24, 2.45) is 10.9 Å². The van der Waals surface area contributed by atoms with E-state index in [-0.39, 0.29) is 0 Å². The van der Waals surface area contributed by atoms with Gasteiger partial charge in [0.25, 0.3) is 0 Å². The van der Waals surface area contributed by atoms with Crippen LogP contribution in [0, 0.1) is 5.92 Å². The minimum atomic E-state index is 0.592. The first-order chi connectivity index (χ1) is 10.6. The summed E-state index contributed by atoms with van der Waals surface area (Å²) in [6.45, 7) is 6.02. The molecule has 0 fully saturated rings. The lowest BCUT2D eigenvalue weighted by Gasteiger charge is -2.13. The fourth-order valence-corrected chi connectivity index (χ4v) is 2.22. The van der Waals surface area contributed by atoms with E-state index < -0.39 is 0 Å². The summed E-state index contributed by atoms with van der Waals surface area (Å²) in [5, 5.41) is 9.05. The standard InChI is InChI=1S/C18H25N3O/c1-13(2)11-20-18(19-3)21-12-14-5-6-16-10-17(22-4)8-7-15(16)9-14/h5-10,13H,11-12H2,1-4H3,(H2,19,20,21). The molecule has 0 unspecified atom stereocenters. The van der Waals surface area contributed by atoms with Crippen molar-refractivity contribution in [3.8, 4) is 5.75 Å². The molecule has 0 saturated carbocycles. The third-order valence-electron chi connectivity index (χ3n) is 3.47. The summed E-state index contributed by atoms with van der Waals surface area (Å²) >= 11 is 0. The maximum absolute atomic E-state index is 5.26. The van der Waals surface area contributed by atoms with Crippen molar-refractivity contribution in [2.75, 3.05) is 20.7 Å². The molecule has 0 amide bonds. The normalized spacial score (nSPS) is 11.8. The SMILES string of the molecule is CN=C(NCc1ccc2cc(OC)ccc2c1)NCC(C)C. The van der Waals surface area contributed by atoms with Gasteiger partial charge in [0.05, 0.1) is 7.11 Å². The second-order valence-electron chi connectivity index (χ2n) is 5.75. The predicted octanol–water partition coefficient (Wildman–Crippen LogP) is 3.17. The Labute approximate surface area is 132 Å². The number of aliphatic imine (C=N–C) groups is 1. The van der Waals surface area contributed by atoms with Gasteiger partial charge >= 0.3 is 0 Å². The minimum absolute atomic E-state index is 0.592. The average molecular weight is 299 g/mol. The van der Waals surface area contributed by atoms with Gasteiger partial charge in [0.2, 0.25) is 0 Å². The van der Waals surface area contributed by atoms with Crippen LogP contribution in [0.5, 0.6) is 5.75 Å². The van der Waals surface area contributed by atoms with Crippen LogP contribution in [0.3, 0.4) is 0 Å². The summed E-state index contributed by atoms with van der Waals surface area (Å²) < 4.78 is 5.26. The largest absolute Gasteiger partial charge is 0.497 e. The highest BCUT2D eigenvalue weighted by Crippen LogP contribution is 2.21. The highest BCUT2D eigenvalue weighted by molar-refractivity contribution is 5.85. The van der Waals surface area contributed by atoms with Crippen LogP contribution in [0.15, 0.2) is 41.4 Å². The van der Waals surface area contributed by atoms with E-state index in [1.54, 1.807) is 14.2 Å². The number of nitrogens with zero attached hydrogens (tertiary/aromatic N) is 1. The molecule has 0 radical (unpaired) electrons. The number of hydrogen-bond donors (Lipinski definition) is 2. The number of methoxy groups -OCH3 is 1. The summed E-state index contributed by atoms with van der Waals surface area (Å²) in [5.41, 5.74) is 1.23. The molecular formula is C18H25N3O. The molecule has 2 aromatic carbocycles. The molecule has 0 aliphatic carbocycles. The zero-order valence-corrected chi connectivity index (χ0v) is 13.8. The zero-order valence-electron chi connectivity index (χ0n) is 13.8. The van der Waals surface area contributed by atoms with Gasteiger partial charge in [-0.05, 0) is 40.5 Å². The molecule has 118 valence electrons. The molecule has 4 heteroatoms. The Morgan fingerprint density at radius 3 is 2.50 bits per heavy atom. The number of ether oxygens (including phenoxy) is 1. The third-order valence-corrected chi connectivity index (χ3v) is 3.47. The van der Waals surface area contributed by atoms with Crippen molar-refractivity contribution in [3.05, 3.63) is 42.0 Å². The van der Waals surface area contributed by atoms with Crippen LogP contribution in [-0.2, 0) is 6.54 Å². The predicted molar refractivity (Wildman–Crippen MR) is 93.5 cm³/mol. The van der Waals surface area contributed by atoms with Crippen molar-refractivity contribution in [1.29, 1.82) is 0 Å². The minimum Gasteiger partial charge on any atom is -0.497 e. The number of fused-ring (bicyclic) bond motifs is 1. The van der Waals surface area contributed by atoms with Crippen LogP contribution < -0.4 is 15.4 Å². The number of nitrogens with one attached hydrogen (secondary N) is 2. The third kappa shape index (κ3) is 4.38. The second-order valence-corrected chi connectivity index (χ2v) is 5.75. The summed E-state index contributed by atoms with van der Waals surface area (Å²) in [6, 6.07) is 12.6. The zero-order chi connectivity index (χ0) is 15.9. The Kier molecular flexibility index (Phi) is 5.64. The lowest BCUT2D eigenvalue weighted by Crippen LogP contribution is -2.38. The highest BCUT2D eigenvalue weighted by Gasteiger charge is 2.02. The molecule has 4 nitrogen and oxygen atoms in total. The first kappa shape index (κ1) is 16.1. The number of guanidine groups is 1. The van der Waals surface area contributed by atoms with Crippen molar-refractivity contribution in [3.63, 3.8) is 0 Å². The number of rotatable bonds is 5. The van der Waals surface area contributed by atoms with Crippen LogP contribution in [0.4, 0.5) is 0 Å². The molecule has 0 aromatic heterocycles. The molecular weight excluding hydrogens is 274 g/mol. The molecule has 0 saturated heterocycles. The van der Waals surface area contributed by atoms with E-state index in [1.807, 2.05) is 6.07 Å². The van der Waals surface area contributed by atoms with E-state index in [1.165, 1.54) is 16.3 Å². The quantitative estimate of drug-likeness (QED) is 0.658. The maximum Gasteiger partial charge on any atom is 0.191 e. The number of benzene rings is 2. The van der Waals surface area contributed by atoms with E-state index in [0.29, 0.717) is 5.92 Å². The van der Waals surface area contributed by atoms with Gasteiger partial charge in [0, 0.05) is 20.1 Å². The van der Waals surface area contributed by atoms with Gasteiger partial charge in [-0.3, -0.25) is 4.99 Å². The lowest BCUT2D eigenvalue weighted by atomic mass is 10.1. The fraction of sp³-hybridized carbons (Fsp3) is 0.389. The van der Waals surface area contributed by atoms with Crippen molar-refractivity contribution in [2.45, 2.75) is 20.4 Å². The van der Waals surface area contributed by atoms with Gasteiger partial charge in [-0.2, -0.15) is 0 Å². The molecule has 0 atom stereocenters. The van der Waals surface area contributed by atoms with Crippen LogP contribution in [0.1, 0.15) is 19.4 Å². The maximum atomic E-state index is 5.26. The second kappa shape index (κ2) is 7.69. The average Bonchev–Trinajstić information content (AvgIpc) is 2.54. The first-order valence-electron chi connectivity index (χ1n) is 7.63. The van der Waals surface area contributed by atoms with Crippen LogP contribution in [0.25, 0.3) is 10.8 Å². The molecule has 0 heterocycles. The van der Waals surface area contributed by atoms with E-state index in [4.69, 9.17) is 4.74 Å². The van der Waals surface area contributed by atoms with Gasteiger partial charge in [-0.15, -0.1) is 0 Å². The van der Waals surface area contributed by atoms with Crippen LogP contribution in [-0.4, -0.2) is 26.7 Å². The first-order valence-corrected chi connectivity index (χ1v) is 7.63. The molecule has 2 N–H and O–H groups in total. The topological polar surface area (TPSA) is 45.7 Å². The van der Waals surface area contributed by atoms with E-state index in [2.05, 4.69) is 59.8 Å². The van der Waals surface area contributed by atoms with Gasteiger partial charge in [-0.25, -0.2) is 0 Å². The van der Waals surface area contributed by atoms with Crippen molar-refractivity contribution in [1.82, 2.24) is 10.6 Å². The summed E-state index contributed by atoms with van der Waals surface area (Å²) in [4.78, 5) is 4.24. The smallest absolute Gasteiger partial charge is 0.191 e. The highest BCUT2D eigenvalue weighted by atomic mass is 16.5. The molecule has 0 spiro atoms. The molecule has 2 aromatic rings. The van der Waals surface area contributed by atoms with Gasteiger partial charge in [-0.1, -0.05) is 32.0 Å². The molecule has 0 aliphatic rings. The van der Waals surface area contributed by atoms with Gasteiger partial charge < -0.3 is 15.4 Å². The summed E-state index contributed by atoms with van der Waals surface area (Å²) in [6.07, 6.45) is 0. The Hall–Kier alpha value is -2.23. The Morgan fingerprint density at radius 1 is 1.09 bits per heavy atom. The Bertz CT molecular complexity index is 650. The van der Waals surface area contributed by atoms with E-state index in [9.17, 15) is 0 Å². The Balaban J connectivity index is 2.02. The lowest BCUT2D eigenvalue weighted by molar-refractivity contribution is 0.415. The molecule has 2 rings (SSSR count). The number of hydrogen-bond acceptors (Lipinski definition) is 2. The van der Waals surface area contributed by atoms with Crippen LogP contribution in [0.2, 0.25) is 0 Å². The molecule has 0 aliphatic heterocycles. The molecule has 22 heavy (non-hydrogen) atoms. The Morgan fingerprint density at radius 2 is 1.82 bits per heavy atom. The summed E-state index contributed by atoms with van der Waals surface area (Å²) in [7, 11) is 3.48. The fourth-order valence-electron chi connectivity index (χ4n) is 2.22. The van der Waals surface area contributed by atoms with E-state index in [0.717, 1.165) is 24.8 Å². The van der Waals surface area contributed by atoms with Crippen LogP contribution >= 0.6 is 0 Å². The van der Waals surface area contributed by atoms with Gasteiger partial charge in [0.1, 0.15) is 5.75 Å².